The topological polar surface area (TPSA) is 80.5 Å². The Kier molecular flexibility index (Phi) is 2.90. The summed E-state index contributed by atoms with van der Waals surface area (Å²) >= 11 is 0. The summed E-state index contributed by atoms with van der Waals surface area (Å²) in [6.07, 6.45) is 7.28. The van der Waals surface area contributed by atoms with E-state index in [0.717, 1.165) is 23.0 Å². The van der Waals surface area contributed by atoms with Crippen molar-refractivity contribution in [1.29, 1.82) is 0 Å². The molecule has 3 aliphatic rings. The van der Waals surface area contributed by atoms with Crippen molar-refractivity contribution in [1.82, 2.24) is 24.5 Å². The standard InChI is InChI=1S/C20H17N5O2/c26-19-16-11-5-6-12(9-11)17(16)20(27)24(19)8-7-15-22-18-13-3-1-2-4-14(13)21-10-25(18)23-15/h1-6,10-12,16-17H,7-9H2/t11-,12-,16-,17-/m0/s1. The van der Waals surface area contributed by atoms with Crippen LogP contribution in [0.4, 0.5) is 0 Å². The number of allylic oxidation sites excluding steroid dienone is 2. The zero-order chi connectivity index (χ0) is 18.1. The van der Waals surface area contributed by atoms with Crippen molar-refractivity contribution >= 4 is 28.4 Å². The third-order valence-electron chi connectivity index (χ3n) is 6.25. The van der Waals surface area contributed by atoms with E-state index in [2.05, 4.69) is 27.2 Å². The molecule has 7 heteroatoms. The smallest absolute Gasteiger partial charge is 0.233 e. The lowest BCUT2D eigenvalue weighted by atomic mass is 9.85. The predicted octanol–water partition coefficient (Wildman–Crippen LogP) is 1.63. The molecule has 2 fully saturated rings. The minimum absolute atomic E-state index is 0.0160. The summed E-state index contributed by atoms with van der Waals surface area (Å²) in [4.78, 5) is 36.0. The maximum absolute atomic E-state index is 12.8. The number of rotatable bonds is 3. The Bertz CT molecular complexity index is 1120. The van der Waals surface area contributed by atoms with Gasteiger partial charge < -0.3 is 0 Å². The normalized spacial score (nSPS) is 28.8. The van der Waals surface area contributed by atoms with E-state index in [4.69, 9.17) is 0 Å². The van der Waals surface area contributed by atoms with E-state index >= 15 is 0 Å². The molecule has 27 heavy (non-hydrogen) atoms. The third kappa shape index (κ3) is 1.99. The van der Waals surface area contributed by atoms with E-state index in [1.165, 1.54) is 4.90 Å². The molecule has 2 aromatic heterocycles. The fourth-order valence-electron chi connectivity index (χ4n) is 5.03. The number of amides is 2. The van der Waals surface area contributed by atoms with Gasteiger partial charge in [-0.25, -0.2) is 14.5 Å². The number of hydrogen-bond acceptors (Lipinski definition) is 5. The second-order valence-electron chi connectivity index (χ2n) is 7.64. The van der Waals surface area contributed by atoms with E-state index in [1.807, 2.05) is 24.3 Å². The van der Waals surface area contributed by atoms with Crippen molar-refractivity contribution in [3.8, 4) is 0 Å². The predicted molar refractivity (Wildman–Crippen MR) is 96.4 cm³/mol. The maximum atomic E-state index is 12.8. The molecule has 6 rings (SSSR count). The molecule has 1 saturated carbocycles. The van der Waals surface area contributed by atoms with Gasteiger partial charge in [-0.2, -0.15) is 0 Å². The van der Waals surface area contributed by atoms with Crippen molar-refractivity contribution in [3.63, 3.8) is 0 Å². The van der Waals surface area contributed by atoms with Crippen molar-refractivity contribution in [2.45, 2.75) is 12.8 Å². The number of likely N-dealkylation sites (tertiary alicyclic amines) is 1. The number of nitrogens with zero attached hydrogens (tertiary/aromatic N) is 5. The van der Waals surface area contributed by atoms with Gasteiger partial charge in [-0.05, 0) is 30.4 Å². The van der Waals surface area contributed by atoms with Crippen LogP contribution in [0.2, 0.25) is 0 Å². The number of carbonyl (C=O) groups excluding carboxylic acids is 2. The van der Waals surface area contributed by atoms with Gasteiger partial charge in [-0.15, -0.1) is 5.10 Å². The molecule has 2 aliphatic carbocycles. The monoisotopic (exact) mass is 359 g/mol. The van der Waals surface area contributed by atoms with Crippen LogP contribution in [0.3, 0.4) is 0 Å². The first kappa shape index (κ1) is 15.0. The van der Waals surface area contributed by atoms with Gasteiger partial charge in [0.15, 0.2) is 11.5 Å². The van der Waals surface area contributed by atoms with Crippen LogP contribution in [-0.2, 0) is 16.0 Å². The van der Waals surface area contributed by atoms with E-state index in [-0.39, 0.29) is 35.5 Å². The molecular weight excluding hydrogens is 342 g/mol. The van der Waals surface area contributed by atoms with Crippen LogP contribution in [-0.4, -0.2) is 42.8 Å². The zero-order valence-corrected chi connectivity index (χ0v) is 14.5. The summed E-state index contributed by atoms with van der Waals surface area (Å²) in [5.41, 5.74) is 1.61. The minimum atomic E-state index is -0.144. The van der Waals surface area contributed by atoms with Crippen LogP contribution >= 0.6 is 0 Å². The van der Waals surface area contributed by atoms with E-state index in [9.17, 15) is 9.59 Å². The fraction of sp³-hybridized carbons (Fsp3) is 0.350. The van der Waals surface area contributed by atoms with Crippen molar-refractivity contribution < 1.29 is 9.59 Å². The molecule has 0 spiro atoms. The highest BCUT2D eigenvalue weighted by Crippen LogP contribution is 2.52. The molecule has 3 heterocycles. The average molecular weight is 359 g/mol. The number of fused-ring (bicyclic) bond motifs is 8. The highest BCUT2D eigenvalue weighted by atomic mass is 16.2. The number of carbonyl (C=O) groups is 2. The molecular formula is C20H17N5O2. The SMILES string of the molecule is O=C1[C@@H]2[C@@H](C(=O)N1CCc1nc3c4ccccc4ncn3n1)[C@H]1C=C[C@H]2C1. The van der Waals surface area contributed by atoms with Gasteiger partial charge in [0.05, 0.1) is 17.4 Å². The third-order valence-corrected chi connectivity index (χ3v) is 6.25. The minimum Gasteiger partial charge on any atom is -0.282 e. The summed E-state index contributed by atoms with van der Waals surface area (Å²) in [6, 6.07) is 7.79. The molecule has 0 radical (unpaired) electrons. The largest absolute Gasteiger partial charge is 0.282 e. The Morgan fingerprint density at radius 1 is 1.04 bits per heavy atom. The van der Waals surface area contributed by atoms with Gasteiger partial charge in [0, 0.05) is 18.4 Å². The first-order chi connectivity index (χ1) is 13.2. The van der Waals surface area contributed by atoms with Crippen LogP contribution in [0.25, 0.3) is 16.6 Å². The highest BCUT2D eigenvalue weighted by Gasteiger charge is 2.58. The highest BCUT2D eigenvalue weighted by molar-refractivity contribution is 6.06. The summed E-state index contributed by atoms with van der Waals surface area (Å²) in [5.74, 6) is 0.783. The van der Waals surface area contributed by atoms with Gasteiger partial charge in [0.2, 0.25) is 11.8 Å². The summed E-state index contributed by atoms with van der Waals surface area (Å²) in [7, 11) is 0. The molecule has 1 aromatic carbocycles. The number of benzene rings is 1. The van der Waals surface area contributed by atoms with Crippen LogP contribution in [0.15, 0.2) is 42.7 Å². The first-order valence-corrected chi connectivity index (χ1v) is 9.33. The zero-order valence-electron chi connectivity index (χ0n) is 14.5. The number of imide groups is 1. The second-order valence-corrected chi connectivity index (χ2v) is 7.64. The Balaban J connectivity index is 1.27. The van der Waals surface area contributed by atoms with Gasteiger partial charge in [0.1, 0.15) is 6.33 Å². The van der Waals surface area contributed by atoms with Crippen molar-refractivity contribution in [3.05, 3.63) is 48.6 Å². The van der Waals surface area contributed by atoms with Crippen LogP contribution in [0.5, 0.6) is 0 Å². The molecule has 0 N–H and O–H groups in total. The lowest BCUT2D eigenvalue weighted by Crippen LogP contribution is -2.34. The van der Waals surface area contributed by atoms with E-state index in [0.29, 0.717) is 18.8 Å². The molecule has 1 saturated heterocycles. The van der Waals surface area contributed by atoms with Crippen molar-refractivity contribution in [2.24, 2.45) is 23.7 Å². The van der Waals surface area contributed by atoms with Crippen LogP contribution in [0.1, 0.15) is 12.2 Å². The van der Waals surface area contributed by atoms with E-state index < -0.39 is 0 Å². The van der Waals surface area contributed by atoms with Crippen molar-refractivity contribution in [2.75, 3.05) is 6.54 Å². The lowest BCUT2D eigenvalue weighted by molar-refractivity contribution is -0.140. The average Bonchev–Trinajstić information content (AvgIpc) is 3.44. The number of hydrogen-bond donors (Lipinski definition) is 0. The second kappa shape index (κ2) is 5.22. The molecule has 2 amide bonds. The Morgan fingerprint density at radius 3 is 2.56 bits per heavy atom. The molecule has 3 aromatic rings. The maximum Gasteiger partial charge on any atom is 0.233 e. The Labute approximate surface area is 154 Å². The lowest BCUT2D eigenvalue weighted by Gasteiger charge is -2.16. The van der Waals surface area contributed by atoms with Gasteiger partial charge in [0.25, 0.3) is 0 Å². The molecule has 4 atom stereocenters. The Hall–Kier alpha value is -3.09. The van der Waals surface area contributed by atoms with Gasteiger partial charge >= 0.3 is 0 Å². The summed E-state index contributed by atoms with van der Waals surface area (Å²) < 4.78 is 1.66. The molecule has 134 valence electrons. The first-order valence-electron chi connectivity index (χ1n) is 9.33. The van der Waals surface area contributed by atoms with Gasteiger partial charge in [-0.1, -0.05) is 24.3 Å². The number of para-hydroxylation sites is 1. The van der Waals surface area contributed by atoms with Crippen LogP contribution in [0, 0.1) is 23.7 Å². The van der Waals surface area contributed by atoms with E-state index in [1.54, 1.807) is 10.8 Å². The van der Waals surface area contributed by atoms with Crippen LogP contribution < -0.4 is 0 Å². The molecule has 1 aliphatic heterocycles. The quantitative estimate of drug-likeness (QED) is 0.524. The summed E-state index contributed by atoms with van der Waals surface area (Å²) in [5, 5.41) is 5.40. The Morgan fingerprint density at radius 2 is 1.78 bits per heavy atom. The van der Waals surface area contributed by atoms with Gasteiger partial charge in [-0.3, -0.25) is 14.5 Å². The molecule has 0 unspecified atom stereocenters. The molecule has 2 bridgehead atoms. The number of aromatic nitrogens is 4. The molecule has 7 nitrogen and oxygen atoms in total. The fourth-order valence-corrected chi connectivity index (χ4v) is 5.03. The summed E-state index contributed by atoms with van der Waals surface area (Å²) in [6.45, 7) is 0.340.